The summed E-state index contributed by atoms with van der Waals surface area (Å²) in [4.78, 5) is 11.3. The molecule has 90 valence electrons. The Kier molecular flexibility index (Phi) is 8.61. The summed E-state index contributed by atoms with van der Waals surface area (Å²) >= 11 is -1.75. The van der Waals surface area contributed by atoms with Crippen molar-refractivity contribution in [2.24, 2.45) is 0 Å². The van der Waals surface area contributed by atoms with E-state index in [2.05, 4.69) is 0 Å². The molecule has 0 bridgehead atoms. The molecule has 1 N–H and O–H groups in total. The fourth-order valence-electron chi connectivity index (χ4n) is 1.20. The molecule has 0 aliphatic carbocycles. The van der Waals surface area contributed by atoms with Crippen molar-refractivity contribution in [3.63, 3.8) is 0 Å². The quantitative estimate of drug-likeness (QED) is 0.398. The van der Waals surface area contributed by atoms with Gasteiger partial charge in [0.2, 0.25) is 0 Å². The first-order valence-corrected chi connectivity index (χ1v) is 6.64. The molecule has 0 aromatic heterocycles. The van der Waals surface area contributed by atoms with Crippen LogP contribution in [0.25, 0.3) is 0 Å². The van der Waals surface area contributed by atoms with Crippen LogP contribution < -0.4 is 0 Å². The van der Waals surface area contributed by atoms with Crippen LogP contribution in [0, 0.1) is 0 Å². The zero-order valence-corrected chi connectivity index (χ0v) is 10.2. The van der Waals surface area contributed by atoms with Gasteiger partial charge in [-0.05, 0) is 25.7 Å². The summed E-state index contributed by atoms with van der Waals surface area (Å²) in [5.41, 5.74) is 0. The van der Waals surface area contributed by atoms with Crippen LogP contribution in [0.2, 0.25) is 0 Å². The van der Waals surface area contributed by atoms with E-state index >= 15 is 0 Å². The minimum Gasteiger partial charge on any atom is -0.462 e. The van der Waals surface area contributed by atoms with Gasteiger partial charge in [-0.15, -0.1) is 0 Å². The number of unbranched alkanes of at least 4 members (excludes halogenated alkanes) is 1. The number of hydrogen-bond donors (Lipinski definition) is 1. The van der Waals surface area contributed by atoms with Crippen LogP contribution in [0.5, 0.6) is 0 Å². The van der Waals surface area contributed by atoms with Crippen LogP contribution in [0.4, 0.5) is 0 Å². The zero-order chi connectivity index (χ0) is 11.7. The average molecular weight is 236 g/mol. The number of hydrogen-bond acceptors (Lipinski definition) is 3. The molecule has 4 nitrogen and oxygen atoms in total. The van der Waals surface area contributed by atoms with E-state index in [-0.39, 0.29) is 17.8 Å². The third-order valence-corrected chi connectivity index (χ3v) is 2.80. The van der Waals surface area contributed by atoms with Gasteiger partial charge in [0.1, 0.15) is 6.10 Å². The highest BCUT2D eigenvalue weighted by Crippen LogP contribution is 2.06. The number of carbonyl (C=O) groups excluding carboxylic acids is 1. The average Bonchev–Trinajstić information content (AvgIpc) is 2.20. The second kappa shape index (κ2) is 8.85. The SMILES string of the molecule is CCC(CC)OC(=O)CCCCS(=O)O. The van der Waals surface area contributed by atoms with Gasteiger partial charge >= 0.3 is 5.97 Å². The van der Waals surface area contributed by atoms with Crippen molar-refractivity contribution >= 4 is 17.0 Å². The molecule has 1 unspecified atom stereocenters. The number of ether oxygens (including phenoxy) is 1. The summed E-state index contributed by atoms with van der Waals surface area (Å²) in [6, 6.07) is 0. The number of rotatable bonds is 8. The molecule has 0 aliphatic heterocycles. The molecule has 0 saturated heterocycles. The highest BCUT2D eigenvalue weighted by Gasteiger charge is 2.09. The number of carbonyl (C=O) groups is 1. The van der Waals surface area contributed by atoms with Gasteiger partial charge in [0.05, 0.1) is 0 Å². The van der Waals surface area contributed by atoms with Gasteiger partial charge in [-0.2, -0.15) is 0 Å². The van der Waals surface area contributed by atoms with E-state index in [1.165, 1.54) is 0 Å². The summed E-state index contributed by atoms with van der Waals surface area (Å²) in [6.45, 7) is 3.96. The zero-order valence-electron chi connectivity index (χ0n) is 9.40. The summed E-state index contributed by atoms with van der Waals surface area (Å²) < 4.78 is 24.0. The number of esters is 1. The first-order valence-electron chi connectivity index (χ1n) is 5.37. The molecular weight excluding hydrogens is 216 g/mol. The van der Waals surface area contributed by atoms with E-state index in [4.69, 9.17) is 9.29 Å². The molecule has 0 aromatic rings. The van der Waals surface area contributed by atoms with Crippen molar-refractivity contribution in [1.29, 1.82) is 0 Å². The van der Waals surface area contributed by atoms with Gasteiger partial charge in [-0.25, -0.2) is 4.21 Å². The van der Waals surface area contributed by atoms with E-state index in [1.807, 2.05) is 13.8 Å². The third kappa shape index (κ3) is 8.57. The monoisotopic (exact) mass is 236 g/mol. The molecule has 15 heavy (non-hydrogen) atoms. The first kappa shape index (κ1) is 14.6. The standard InChI is InChI=1S/C10H20O4S/c1-3-9(4-2)14-10(11)7-5-6-8-15(12)13/h9H,3-8H2,1-2H3,(H,12,13). The minimum atomic E-state index is -1.75. The van der Waals surface area contributed by atoms with Crippen molar-refractivity contribution in [3.05, 3.63) is 0 Å². The van der Waals surface area contributed by atoms with Gasteiger partial charge in [0, 0.05) is 12.2 Å². The molecule has 0 rings (SSSR count). The van der Waals surface area contributed by atoms with Gasteiger partial charge < -0.3 is 9.29 Å². The Bertz CT molecular complexity index is 202. The van der Waals surface area contributed by atoms with Crippen LogP contribution in [0.15, 0.2) is 0 Å². The van der Waals surface area contributed by atoms with Crippen molar-refractivity contribution in [2.45, 2.75) is 52.1 Å². The van der Waals surface area contributed by atoms with Gasteiger partial charge in [0.25, 0.3) is 0 Å². The Morgan fingerprint density at radius 2 is 1.93 bits per heavy atom. The Labute approximate surface area is 93.7 Å². The van der Waals surface area contributed by atoms with Crippen LogP contribution in [-0.4, -0.2) is 26.6 Å². The van der Waals surface area contributed by atoms with E-state index in [0.29, 0.717) is 19.3 Å². The molecule has 0 heterocycles. The summed E-state index contributed by atoms with van der Waals surface area (Å²) in [7, 11) is 0. The van der Waals surface area contributed by atoms with E-state index in [9.17, 15) is 9.00 Å². The van der Waals surface area contributed by atoms with Crippen LogP contribution in [-0.2, 0) is 20.6 Å². The Morgan fingerprint density at radius 3 is 2.40 bits per heavy atom. The van der Waals surface area contributed by atoms with Crippen LogP contribution in [0.3, 0.4) is 0 Å². The highest BCUT2D eigenvalue weighted by molar-refractivity contribution is 7.79. The maximum absolute atomic E-state index is 11.3. The molecule has 5 heteroatoms. The molecule has 0 saturated carbocycles. The molecule has 1 atom stereocenters. The topological polar surface area (TPSA) is 63.6 Å². The van der Waals surface area contributed by atoms with Gasteiger partial charge in [-0.3, -0.25) is 4.79 Å². The molecule has 0 spiro atoms. The minimum absolute atomic E-state index is 0.0180. The van der Waals surface area contributed by atoms with E-state index < -0.39 is 11.1 Å². The Hall–Kier alpha value is -0.420. The molecule has 0 radical (unpaired) electrons. The second-order valence-electron chi connectivity index (χ2n) is 3.41. The Balaban J connectivity index is 3.52. The summed E-state index contributed by atoms with van der Waals surface area (Å²) in [6.07, 6.45) is 3.23. The fraction of sp³-hybridized carbons (Fsp3) is 0.900. The van der Waals surface area contributed by atoms with Crippen molar-refractivity contribution in [3.8, 4) is 0 Å². The predicted molar refractivity (Wildman–Crippen MR) is 60.0 cm³/mol. The lowest BCUT2D eigenvalue weighted by Gasteiger charge is -2.13. The lowest BCUT2D eigenvalue weighted by molar-refractivity contribution is -0.149. The molecular formula is C10H20O4S. The second-order valence-corrected chi connectivity index (χ2v) is 4.46. The highest BCUT2D eigenvalue weighted by atomic mass is 32.2. The summed E-state index contributed by atoms with van der Waals surface area (Å²) in [5, 5.41) is 0. The molecule has 0 amide bonds. The van der Waals surface area contributed by atoms with Crippen LogP contribution >= 0.6 is 0 Å². The molecule has 0 aromatic carbocycles. The predicted octanol–water partition coefficient (Wildman–Crippen LogP) is 2.11. The van der Waals surface area contributed by atoms with E-state index in [1.54, 1.807) is 0 Å². The summed E-state index contributed by atoms with van der Waals surface area (Å²) in [5.74, 6) is 0.0329. The Morgan fingerprint density at radius 1 is 1.33 bits per heavy atom. The van der Waals surface area contributed by atoms with Gasteiger partial charge in [0.15, 0.2) is 11.1 Å². The maximum Gasteiger partial charge on any atom is 0.306 e. The van der Waals surface area contributed by atoms with Crippen molar-refractivity contribution in [2.75, 3.05) is 5.75 Å². The maximum atomic E-state index is 11.3. The lowest BCUT2D eigenvalue weighted by atomic mass is 10.2. The largest absolute Gasteiger partial charge is 0.462 e. The third-order valence-electron chi connectivity index (χ3n) is 2.16. The van der Waals surface area contributed by atoms with Crippen molar-refractivity contribution < 1.29 is 18.3 Å². The lowest BCUT2D eigenvalue weighted by Crippen LogP contribution is -2.16. The van der Waals surface area contributed by atoms with Crippen LogP contribution in [0.1, 0.15) is 46.0 Å². The van der Waals surface area contributed by atoms with Crippen molar-refractivity contribution in [1.82, 2.24) is 0 Å². The first-order chi connectivity index (χ1) is 7.10. The fourth-order valence-corrected chi connectivity index (χ4v) is 1.65. The van der Waals surface area contributed by atoms with E-state index in [0.717, 1.165) is 12.8 Å². The molecule has 0 fully saturated rings. The normalized spacial score (nSPS) is 12.8. The van der Waals surface area contributed by atoms with Gasteiger partial charge in [-0.1, -0.05) is 13.8 Å². The smallest absolute Gasteiger partial charge is 0.306 e. The molecule has 0 aliphatic rings.